The third kappa shape index (κ3) is 6.84. The Morgan fingerprint density at radius 2 is 1.68 bits per heavy atom. The topological polar surface area (TPSA) is 83.4 Å². The van der Waals surface area contributed by atoms with Crippen molar-refractivity contribution < 1.29 is 9.59 Å². The van der Waals surface area contributed by atoms with Crippen LogP contribution in [-0.4, -0.2) is 63.4 Å². The molecule has 2 amide bonds. The summed E-state index contributed by atoms with van der Waals surface area (Å²) in [6, 6.07) is 16.9. The number of anilines is 1. The van der Waals surface area contributed by atoms with E-state index in [1.165, 1.54) is 17.4 Å². The molecular formula is C27H33ClN6O2S. The van der Waals surface area contributed by atoms with Gasteiger partial charge in [0.25, 0.3) is 5.91 Å². The van der Waals surface area contributed by atoms with E-state index in [4.69, 9.17) is 11.6 Å². The molecule has 0 unspecified atom stereocenters. The lowest BCUT2D eigenvalue weighted by Gasteiger charge is -2.36. The lowest BCUT2D eigenvalue weighted by Crippen LogP contribution is -2.49. The first kappa shape index (κ1) is 27.0. The van der Waals surface area contributed by atoms with Gasteiger partial charge < -0.3 is 19.7 Å². The monoisotopic (exact) mass is 540 g/mol. The molecule has 37 heavy (non-hydrogen) atoms. The summed E-state index contributed by atoms with van der Waals surface area (Å²) in [4.78, 5) is 30.1. The molecule has 3 aromatic rings. The first-order chi connectivity index (χ1) is 17.8. The molecule has 1 aliphatic heterocycles. The van der Waals surface area contributed by atoms with Crippen LogP contribution in [0.2, 0.25) is 5.02 Å². The second kappa shape index (κ2) is 12.5. The van der Waals surface area contributed by atoms with E-state index in [0.29, 0.717) is 47.0 Å². The summed E-state index contributed by atoms with van der Waals surface area (Å²) >= 11 is 7.60. The zero-order valence-electron chi connectivity index (χ0n) is 21.4. The number of thioether (sulfide) groups is 1. The molecule has 0 spiro atoms. The average molecular weight is 541 g/mol. The highest BCUT2D eigenvalue weighted by Crippen LogP contribution is 2.25. The van der Waals surface area contributed by atoms with Gasteiger partial charge in [0.15, 0.2) is 11.0 Å². The summed E-state index contributed by atoms with van der Waals surface area (Å²) in [5, 5.41) is 12.8. The SMILES string of the molecule is CC(C)C[C@H](NC(=O)c1ccccc1Cl)c1nnc(SCC(=O)N2CCN(c3ccccc3)CC2)n1C. The quantitative estimate of drug-likeness (QED) is 0.404. The number of hydrogen-bond acceptors (Lipinski definition) is 6. The number of amides is 2. The third-order valence-electron chi connectivity index (χ3n) is 6.39. The number of carbonyl (C=O) groups is 2. The number of rotatable bonds is 9. The third-order valence-corrected chi connectivity index (χ3v) is 7.72. The summed E-state index contributed by atoms with van der Waals surface area (Å²) in [6.45, 7) is 7.21. The first-order valence-electron chi connectivity index (χ1n) is 12.5. The summed E-state index contributed by atoms with van der Waals surface area (Å²) in [7, 11) is 1.87. The van der Waals surface area contributed by atoms with E-state index in [2.05, 4.69) is 46.4 Å². The minimum Gasteiger partial charge on any atom is -0.368 e. The maximum Gasteiger partial charge on any atom is 0.253 e. The fraction of sp³-hybridized carbons (Fsp3) is 0.407. The molecule has 2 heterocycles. The van der Waals surface area contributed by atoms with Crippen LogP contribution in [0.15, 0.2) is 59.8 Å². The smallest absolute Gasteiger partial charge is 0.253 e. The van der Waals surface area contributed by atoms with Crippen molar-refractivity contribution in [3.05, 3.63) is 71.0 Å². The molecule has 0 bridgehead atoms. The highest BCUT2D eigenvalue weighted by atomic mass is 35.5. The van der Waals surface area contributed by atoms with Crippen LogP contribution in [0.1, 0.15) is 42.5 Å². The number of benzene rings is 2. The zero-order chi connectivity index (χ0) is 26.4. The van der Waals surface area contributed by atoms with E-state index < -0.39 is 0 Å². The fourth-order valence-corrected chi connectivity index (χ4v) is 5.45. The van der Waals surface area contributed by atoms with E-state index >= 15 is 0 Å². The molecule has 0 aliphatic carbocycles. The van der Waals surface area contributed by atoms with E-state index in [9.17, 15) is 9.59 Å². The van der Waals surface area contributed by atoms with Gasteiger partial charge in [-0.05, 0) is 36.6 Å². The van der Waals surface area contributed by atoms with Crippen LogP contribution in [0.25, 0.3) is 0 Å². The van der Waals surface area contributed by atoms with E-state index in [1.807, 2.05) is 34.7 Å². The number of nitrogens with one attached hydrogen (secondary N) is 1. The Bertz CT molecular complexity index is 1210. The predicted molar refractivity (Wildman–Crippen MR) is 148 cm³/mol. The molecule has 8 nitrogen and oxygen atoms in total. The van der Waals surface area contributed by atoms with Gasteiger partial charge in [-0.25, -0.2) is 0 Å². The van der Waals surface area contributed by atoms with Gasteiger partial charge in [0, 0.05) is 38.9 Å². The van der Waals surface area contributed by atoms with Crippen molar-refractivity contribution in [2.45, 2.75) is 31.5 Å². The Hall–Kier alpha value is -3.04. The van der Waals surface area contributed by atoms with Gasteiger partial charge in [0.1, 0.15) is 0 Å². The summed E-state index contributed by atoms with van der Waals surface area (Å²) in [5.74, 6) is 1.10. The maximum atomic E-state index is 12.9. The molecule has 4 rings (SSSR count). The van der Waals surface area contributed by atoms with Crippen LogP contribution in [-0.2, 0) is 11.8 Å². The van der Waals surface area contributed by atoms with Crippen molar-refractivity contribution in [1.82, 2.24) is 25.0 Å². The zero-order valence-corrected chi connectivity index (χ0v) is 23.0. The molecular weight excluding hydrogens is 508 g/mol. The predicted octanol–water partition coefficient (Wildman–Crippen LogP) is 4.43. The minimum absolute atomic E-state index is 0.0908. The van der Waals surface area contributed by atoms with Gasteiger partial charge in [-0.1, -0.05) is 67.5 Å². The van der Waals surface area contributed by atoms with Gasteiger partial charge in [-0.3, -0.25) is 9.59 Å². The number of carbonyl (C=O) groups excluding carboxylic acids is 2. The van der Waals surface area contributed by atoms with Crippen molar-refractivity contribution in [3.63, 3.8) is 0 Å². The molecule has 1 saturated heterocycles. The minimum atomic E-state index is -0.336. The Balaban J connectivity index is 1.36. The largest absolute Gasteiger partial charge is 0.368 e. The number of nitrogens with zero attached hydrogens (tertiary/aromatic N) is 5. The number of piperazine rings is 1. The maximum absolute atomic E-state index is 12.9. The molecule has 196 valence electrons. The normalized spacial score (nSPS) is 14.6. The van der Waals surface area contributed by atoms with Gasteiger partial charge in [0.2, 0.25) is 5.91 Å². The van der Waals surface area contributed by atoms with Gasteiger partial charge >= 0.3 is 0 Å². The molecule has 10 heteroatoms. The second-order valence-electron chi connectivity index (χ2n) is 9.53. The number of hydrogen-bond donors (Lipinski definition) is 1. The van der Waals surface area contributed by atoms with Crippen molar-refractivity contribution in [3.8, 4) is 0 Å². The number of aromatic nitrogens is 3. The van der Waals surface area contributed by atoms with E-state index in [1.54, 1.807) is 24.3 Å². The lowest BCUT2D eigenvalue weighted by molar-refractivity contribution is -0.128. The molecule has 2 aromatic carbocycles. The molecule has 1 fully saturated rings. The molecule has 1 aromatic heterocycles. The van der Waals surface area contributed by atoms with Crippen LogP contribution in [0.5, 0.6) is 0 Å². The molecule has 1 aliphatic rings. The van der Waals surface area contributed by atoms with Crippen LogP contribution < -0.4 is 10.2 Å². The van der Waals surface area contributed by atoms with E-state index in [0.717, 1.165) is 13.1 Å². The molecule has 1 N–H and O–H groups in total. The average Bonchev–Trinajstić information content (AvgIpc) is 3.27. The van der Waals surface area contributed by atoms with Crippen LogP contribution in [0, 0.1) is 5.92 Å². The Kier molecular flexibility index (Phi) is 9.10. The fourth-order valence-electron chi connectivity index (χ4n) is 4.41. The van der Waals surface area contributed by atoms with Crippen molar-refractivity contribution in [2.24, 2.45) is 13.0 Å². The highest BCUT2D eigenvalue weighted by molar-refractivity contribution is 7.99. The van der Waals surface area contributed by atoms with Gasteiger partial charge in [0.05, 0.1) is 22.4 Å². The van der Waals surface area contributed by atoms with E-state index in [-0.39, 0.29) is 23.6 Å². The van der Waals surface area contributed by atoms with Crippen molar-refractivity contribution >= 4 is 40.9 Å². The molecule has 0 radical (unpaired) electrons. The summed E-state index contributed by atoms with van der Waals surface area (Å²) < 4.78 is 1.87. The Morgan fingerprint density at radius 3 is 2.35 bits per heavy atom. The lowest BCUT2D eigenvalue weighted by atomic mass is 10.0. The highest BCUT2D eigenvalue weighted by Gasteiger charge is 2.26. The number of halogens is 1. The first-order valence-corrected chi connectivity index (χ1v) is 13.8. The molecule has 1 atom stereocenters. The number of para-hydroxylation sites is 1. The molecule has 0 saturated carbocycles. The summed E-state index contributed by atoms with van der Waals surface area (Å²) in [6.07, 6.45) is 0.692. The van der Waals surface area contributed by atoms with Crippen molar-refractivity contribution in [1.29, 1.82) is 0 Å². The van der Waals surface area contributed by atoms with Gasteiger partial charge in [-0.15, -0.1) is 10.2 Å². The Labute approximate surface area is 227 Å². The van der Waals surface area contributed by atoms with Crippen LogP contribution in [0.3, 0.4) is 0 Å². The van der Waals surface area contributed by atoms with Crippen LogP contribution >= 0.6 is 23.4 Å². The van der Waals surface area contributed by atoms with Gasteiger partial charge in [-0.2, -0.15) is 0 Å². The standard InChI is InChI=1S/C27H33ClN6O2S/c1-19(2)17-23(29-26(36)21-11-7-8-12-22(21)28)25-30-31-27(32(25)3)37-18-24(35)34-15-13-33(14-16-34)20-9-5-4-6-10-20/h4-12,19,23H,13-18H2,1-3H3,(H,29,36)/t23-/m0/s1. The van der Waals surface area contributed by atoms with Crippen LogP contribution in [0.4, 0.5) is 5.69 Å². The summed E-state index contributed by atoms with van der Waals surface area (Å²) in [5.41, 5.74) is 1.61. The second-order valence-corrected chi connectivity index (χ2v) is 10.9. The van der Waals surface area contributed by atoms with Crippen molar-refractivity contribution in [2.75, 3.05) is 36.8 Å². The Morgan fingerprint density at radius 1 is 1.00 bits per heavy atom.